The molecule has 0 aromatic heterocycles. The minimum Gasteiger partial charge on any atom is -0.481 e. The van der Waals surface area contributed by atoms with Gasteiger partial charge in [-0.2, -0.15) is 0 Å². The van der Waals surface area contributed by atoms with Gasteiger partial charge in [0.05, 0.1) is 19.3 Å². The summed E-state index contributed by atoms with van der Waals surface area (Å²) in [7, 11) is 1.62. The van der Waals surface area contributed by atoms with Crippen LogP contribution < -0.4 is 10.6 Å². The highest BCUT2D eigenvalue weighted by molar-refractivity contribution is 5.77. The van der Waals surface area contributed by atoms with Crippen molar-refractivity contribution < 1.29 is 19.4 Å². The van der Waals surface area contributed by atoms with Crippen molar-refractivity contribution >= 4 is 12.0 Å². The first kappa shape index (κ1) is 16.0. The van der Waals surface area contributed by atoms with E-state index < -0.39 is 17.9 Å². The van der Waals surface area contributed by atoms with E-state index in [4.69, 9.17) is 9.84 Å². The Morgan fingerprint density at radius 1 is 1.38 bits per heavy atom. The van der Waals surface area contributed by atoms with E-state index >= 15 is 0 Å². The fraction of sp³-hybridized carbons (Fsp3) is 0.846. The number of piperazine rings is 1. The maximum atomic E-state index is 12.1. The van der Waals surface area contributed by atoms with Crippen molar-refractivity contribution in [3.63, 3.8) is 0 Å². The van der Waals surface area contributed by atoms with Gasteiger partial charge in [-0.25, -0.2) is 4.79 Å². The van der Waals surface area contributed by atoms with Crippen molar-refractivity contribution in [2.75, 3.05) is 59.5 Å². The molecule has 2 rings (SSSR count). The van der Waals surface area contributed by atoms with Crippen LogP contribution in [0.2, 0.25) is 0 Å². The lowest BCUT2D eigenvalue weighted by molar-refractivity contribution is -0.142. The summed E-state index contributed by atoms with van der Waals surface area (Å²) in [5, 5.41) is 15.2. The molecule has 2 aliphatic rings. The summed E-state index contributed by atoms with van der Waals surface area (Å²) in [6, 6.07) is -0.645. The number of ether oxygens (including phenoxy) is 1. The number of nitrogens with zero attached hydrogens (tertiary/aromatic N) is 2. The summed E-state index contributed by atoms with van der Waals surface area (Å²) in [6.45, 7) is 5.75. The summed E-state index contributed by atoms with van der Waals surface area (Å²) in [6.07, 6.45) is 0. The maximum absolute atomic E-state index is 12.1. The number of rotatable bonds is 5. The second-order valence-electron chi connectivity index (χ2n) is 5.48. The molecule has 120 valence electrons. The van der Waals surface area contributed by atoms with Gasteiger partial charge in [-0.3, -0.25) is 9.69 Å². The predicted octanol–water partition coefficient (Wildman–Crippen LogP) is -1.37. The molecule has 0 spiro atoms. The molecule has 2 aliphatic heterocycles. The Kier molecular flexibility index (Phi) is 5.77. The Hall–Kier alpha value is -1.38. The minimum absolute atomic E-state index is 0.165. The molecule has 2 amide bonds. The third-order valence-corrected chi connectivity index (χ3v) is 4.10. The number of carbonyl (C=O) groups excluding carboxylic acids is 1. The van der Waals surface area contributed by atoms with E-state index in [1.807, 2.05) is 0 Å². The first-order valence-electron chi connectivity index (χ1n) is 7.34. The second kappa shape index (κ2) is 7.58. The number of likely N-dealkylation sites (N-methyl/N-ethyl adjacent to an activating group) is 1. The number of hydrogen-bond acceptors (Lipinski definition) is 5. The second-order valence-corrected chi connectivity index (χ2v) is 5.48. The van der Waals surface area contributed by atoms with Crippen molar-refractivity contribution in [2.45, 2.75) is 6.04 Å². The zero-order chi connectivity index (χ0) is 15.2. The highest BCUT2D eigenvalue weighted by Gasteiger charge is 2.38. The van der Waals surface area contributed by atoms with Crippen LogP contribution in [0.5, 0.6) is 0 Å². The van der Waals surface area contributed by atoms with Gasteiger partial charge in [-0.1, -0.05) is 0 Å². The molecule has 0 bridgehead atoms. The molecule has 8 nitrogen and oxygen atoms in total. The van der Waals surface area contributed by atoms with E-state index in [1.54, 1.807) is 7.05 Å². The summed E-state index contributed by atoms with van der Waals surface area (Å²) < 4.78 is 5.18. The minimum atomic E-state index is -0.919. The molecule has 2 fully saturated rings. The maximum Gasteiger partial charge on any atom is 0.317 e. The molecule has 0 aromatic rings. The molecule has 0 saturated carbocycles. The van der Waals surface area contributed by atoms with Crippen molar-refractivity contribution in [1.82, 2.24) is 20.4 Å². The van der Waals surface area contributed by atoms with Crippen LogP contribution in [0.3, 0.4) is 0 Å². The van der Waals surface area contributed by atoms with Crippen LogP contribution in [-0.4, -0.2) is 92.5 Å². The largest absolute Gasteiger partial charge is 0.481 e. The summed E-state index contributed by atoms with van der Waals surface area (Å²) in [4.78, 5) is 26.9. The quantitative estimate of drug-likeness (QED) is 0.580. The molecule has 3 N–H and O–H groups in total. The molecule has 2 saturated heterocycles. The number of hydrogen-bond donors (Lipinski definition) is 3. The van der Waals surface area contributed by atoms with Gasteiger partial charge in [0.2, 0.25) is 0 Å². The van der Waals surface area contributed by atoms with Gasteiger partial charge in [0.15, 0.2) is 0 Å². The highest BCUT2D eigenvalue weighted by Crippen LogP contribution is 2.18. The van der Waals surface area contributed by atoms with Crippen molar-refractivity contribution in [2.24, 2.45) is 5.92 Å². The third kappa shape index (κ3) is 4.29. The molecular weight excluding hydrogens is 276 g/mol. The van der Waals surface area contributed by atoms with E-state index in [0.717, 1.165) is 32.7 Å². The van der Waals surface area contributed by atoms with Crippen molar-refractivity contribution in [1.29, 1.82) is 0 Å². The lowest BCUT2D eigenvalue weighted by atomic mass is 10.0. The molecule has 8 heteroatoms. The third-order valence-electron chi connectivity index (χ3n) is 4.10. The Bertz CT molecular complexity index is 373. The van der Waals surface area contributed by atoms with E-state index in [9.17, 15) is 9.59 Å². The summed E-state index contributed by atoms with van der Waals surface area (Å²) >= 11 is 0. The molecular formula is C13H24N4O4. The van der Waals surface area contributed by atoms with Crippen LogP contribution in [0.25, 0.3) is 0 Å². The molecule has 21 heavy (non-hydrogen) atoms. The lowest BCUT2D eigenvalue weighted by Crippen LogP contribution is -2.50. The number of urea groups is 1. The van der Waals surface area contributed by atoms with Crippen LogP contribution in [0, 0.1) is 5.92 Å². The van der Waals surface area contributed by atoms with E-state index in [0.29, 0.717) is 6.54 Å². The molecule has 2 atom stereocenters. The topological polar surface area (TPSA) is 94.1 Å². The number of aliphatic carboxylic acids is 1. The van der Waals surface area contributed by atoms with Crippen molar-refractivity contribution in [3.05, 3.63) is 0 Å². The highest BCUT2D eigenvalue weighted by atomic mass is 16.5. The van der Waals surface area contributed by atoms with Crippen LogP contribution in [0.1, 0.15) is 0 Å². The standard InChI is InChI=1S/C13H24N4O4/c1-16(11-9-21-8-10(11)12(18)19)13(20)15-4-7-17-5-2-14-3-6-17/h10-11,14H,2-9H2,1H3,(H,15,20)(H,18,19). The Labute approximate surface area is 124 Å². The van der Waals surface area contributed by atoms with Gasteiger partial charge in [0, 0.05) is 46.3 Å². The van der Waals surface area contributed by atoms with Crippen LogP contribution in [0.15, 0.2) is 0 Å². The smallest absolute Gasteiger partial charge is 0.317 e. The van der Waals surface area contributed by atoms with Crippen molar-refractivity contribution in [3.8, 4) is 0 Å². The van der Waals surface area contributed by atoms with Gasteiger partial charge in [-0.05, 0) is 0 Å². The van der Waals surface area contributed by atoms with Gasteiger partial charge in [-0.15, -0.1) is 0 Å². The van der Waals surface area contributed by atoms with Crippen LogP contribution in [0.4, 0.5) is 4.79 Å². The normalized spacial score (nSPS) is 26.5. The fourth-order valence-corrected chi connectivity index (χ4v) is 2.69. The first-order valence-corrected chi connectivity index (χ1v) is 7.34. The van der Waals surface area contributed by atoms with Gasteiger partial charge in [0.25, 0.3) is 0 Å². The number of nitrogens with one attached hydrogen (secondary N) is 2. The first-order chi connectivity index (χ1) is 10.1. The number of carbonyl (C=O) groups is 2. The number of carboxylic acids is 1. The zero-order valence-corrected chi connectivity index (χ0v) is 12.4. The Morgan fingerprint density at radius 2 is 2.10 bits per heavy atom. The number of amides is 2. The Morgan fingerprint density at radius 3 is 2.76 bits per heavy atom. The van der Waals surface area contributed by atoms with Crippen LogP contribution in [-0.2, 0) is 9.53 Å². The van der Waals surface area contributed by atoms with Gasteiger partial charge in [0.1, 0.15) is 5.92 Å². The molecule has 2 unspecified atom stereocenters. The average molecular weight is 300 g/mol. The molecule has 0 aromatic carbocycles. The summed E-state index contributed by atoms with van der Waals surface area (Å²) in [5.74, 6) is -1.56. The SMILES string of the molecule is CN(C(=O)NCCN1CCNCC1)C1COCC1C(=O)O. The predicted molar refractivity (Wildman–Crippen MR) is 76.2 cm³/mol. The number of carboxylic acid groups (broad SMARTS) is 1. The molecule has 0 aliphatic carbocycles. The van der Waals surface area contributed by atoms with E-state index in [1.165, 1.54) is 4.90 Å². The zero-order valence-electron chi connectivity index (χ0n) is 12.4. The average Bonchev–Trinajstić information content (AvgIpc) is 2.97. The van der Waals surface area contributed by atoms with E-state index in [-0.39, 0.29) is 19.2 Å². The fourth-order valence-electron chi connectivity index (χ4n) is 2.69. The molecule has 0 radical (unpaired) electrons. The van der Waals surface area contributed by atoms with Gasteiger partial charge >= 0.3 is 12.0 Å². The lowest BCUT2D eigenvalue weighted by Gasteiger charge is -2.29. The summed E-state index contributed by atoms with van der Waals surface area (Å²) in [5.41, 5.74) is 0. The van der Waals surface area contributed by atoms with Crippen LogP contribution >= 0.6 is 0 Å². The monoisotopic (exact) mass is 300 g/mol. The Balaban J connectivity index is 1.73. The molecule has 2 heterocycles. The van der Waals surface area contributed by atoms with E-state index in [2.05, 4.69) is 15.5 Å². The van der Waals surface area contributed by atoms with Gasteiger partial charge < -0.3 is 25.4 Å².